The predicted octanol–water partition coefficient (Wildman–Crippen LogP) is 2.02. The Morgan fingerprint density at radius 3 is 2.39 bits per heavy atom. The molecule has 1 fully saturated rings. The van der Waals surface area contributed by atoms with Crippen LogP contribution in [-0.4, -0.2) is 44.5 Å². The van der Waals surface area contributed by atoms with Crippen molar-refractivity contribution in [2.24, 2.45) is 0 Å². The van der Waals surface area contributed by atoms with Crippen LogP contribution in [0.4, 0.5) is 0 Å². The lowest BCUT2D eigenvalue weighted by atomic mass is 9.78. The van der Waals surface area contributed by atoms with E-state index in [0.717, 1.165) is 5.46 Å². The van der Waals surface area contributed by atoms with E-state index in [1.54, 1.807) is 25.3 Å². The molecule has 7 heteroatoms. The van der Waals surface area contributed by atoms with Gasteiger partial charge in [0.1, 0.15) is 0 Å². The van der Waals surface area contributed by atoms with Crippen molar-refractivity contribution in [1.29, 1.82) is 0 Å². The molecule has 0 aromatic heterocycles. The van der Waals surface area contributed by atoms with Crippen LogP contribution in [0.1, 0.15) is 38.1 Å². The Morgan fingerprint density at radius 1 is 1.26 bits per heavy atom. The number of halogens is 1. The molecular weight excluding hydrogens is 316 g/mol. The normalized spacial score (nSPS) is 19.0. The summed E-state index contributed by atoms with van der Waals surface area (Å²) in [5.41, 5.74) is 0.346. The lowest BCUT2D eigenvalue weighted by Crippen LogP contribution is -2.41. The van der Waals surface area contributed by atoms with Gasteiger partial charge in [-0.2, -0.15) is 0 Å². The van der Waals surface area contributed by atoms with Crippen molar-refractivity contribution in [2.75, 3.05) is 20.3 Å². The summed E-state index contributed by atoms with van der Waals surface area (Å²) >= 11 is 6.34. The Bertz CT molecular complexity index is 575. The van der Waals surface area contributed by atoms with E-state index in [1.165, 1.54) is 0 Å². The zero-order valence-corrected chi connectivity index (χ0v) is 15.0. The minimum atomic E-state index is -0.543. The largest absolute Gasteiger partial charge is 0.496 e. The van der Waals surface area contributed by atoms with Gasteiger partial charge in [-0.15, -0.1) is 0 Å². The maximum Gasteiger partial charge on any atom is 0.496 e. The number of hydrogen-bond acceptors (Lipinski definition) is 4. The van der Waals surface area contributed by atoms with Gasteiger partial charge in [0.2, 0.25) is 0 Å². The summed E-state index contributed by atoms with van der Waals surface area (Å²) in [5.74, 6) is -0.190. The van der Waals surface area contributed by atoms with Crippen molar-refractivity contribution in [3.63, 3.8) is 0 Å². The Balaban J connectivity index is 2.13. The maximum absolute atomic E-state index is 12.0. The van der Waals surface area contributed by atoms with Gasteiger partial charge in [0.15, 0.2) is 0 Å². The van der Waals surface area contributed by atoms with Crippen molar-refractivity contribution in [1.82, 2.24) is 5.32 Å². The van der Waals surface area contributed by atoms with E-state index >= 15 is 0 Å². The van der Waals surface area contributed by atoms with Crippen molar-refractivity contribution in [3.8, 4) is 0 Å². The first-order valence-electron chi connectivity index (χ1n) is 7.60. The fraction of sp³-hybridized carbons (Fsp3) is 0.562. The van der Waals surface area contributed by atoms with Crippen LogP contribution in [-0.2, 0) is 14.0 Å². The summed E-state index contributed by atoms with van der Waals surface area (Å²) in [6, 6.07) is 5.12. The summed E-state index contributed by atoms with van der Waals surface area (Å²) in [7, 11) is 1.04. The number of hydrogen-bond donors (Lipinski definition) is 1. The molecule has 0 atom stereocenters. The molecule has 2 rings (SSSR count). The van der Waals surface area contributed by atoms with Crippen LogP contribution in [0.5, 0.6) is 0 Å². The second-order valence-electron chi connectivity index (χ2n) is 6.57. The van der Waals surface area contributed by atoms with Crippen LogP contribution in [0, 0.1) is 0 Å². The molecule has 1 aliphatic heterocycles. The van der Waals surface area contributed by atoms with E-state index in [0.29, 0.717) is 23.7 Å². The molecule has 1 amide bonds. The van der Waals surface area contributed by atoms with Crippen molar-refractivity contribution >= 4 is 30.1 Å². The van der Waals surface area contributed by atoms with Crippen LogP contribution in [0.3, 0.4) is 0 Å². The molecule has 1 aliphatic rings. The maximum atomic E-state index is 12.0. The molecule has 0 bridgehead atoms. The molecule has 0 unspecified atom stereocenters. The number of rotatable bonds is 5. The van der Waals surface area contributed by atoms with E-state index in [1.807, 2.05) is 27.7 Å². The predicted molar refractivity (Wildman–Crippen MR) is 91.4 cm³/mol. The molecule has 126 valence electrons. The average Bonchev–Trinajstić information content (AvgIpc) is 2.67. The van der Waals surface area contributed by atoms with Crippen LogP contribution in [0.25, 0.3) is 0 Å². The van der Waals surface area contributed by atoms with Crippen molar-refractivity contribution < 1.29 is 18.8 Å². The van der Waals surface area contributed by atoms with E-state index in [2.05, 4.69) is 5.32 Å². The van der Waals surface area contributed by atoms with E-state index in [9.17, 15) is 4.79 Å². The Morgan fingerprint density at radius 2 is 1.87 bits per heavy atom. The fourth-order valence-electron chi connectivity index (χ4n) is 2.20. The number of carbonyl (C=O) groups excluding carboxylic acids is 1. The summed E-state index contributed by atoms with van der Waals surface area (Å²) in [6.07, 6.45) is 0. The molecule has 23 heavy (non-hydrogen) atoms. The topological polar surface area (TPSA) is 56.8 Å². The van der Waals surface area contributed by atoms with Crippen molar-refractivity contribution in [3.05, 3.63) is 28.8 Å². The average molecular weight is 340 g/mol. The van der Waals surface area contributed by atoms with Gasteiger partial charge in [-0.25, -0.2) is 0 Å². The van der Waals surface area contributed by atoms with Crippen LogP contribution >= 0.6 is 11.6 Å². The Labute approximate surface area is 142 Å². The first-order chi connectivity index (χ1) is 10.7. The van der Waals surface area contributed by atoms with Crippen LogP contribution < -0.4 is 10.8 Å². The van der Waals surface area contributed by atoms with Gasteiger partial charge in [0.05, 0.1) is 17.8 Å². The van der Waals surface area contributed by atoms with Gasteiger partial charge in [-0.1, -0.05) is 17.7 Å². The number of carbonyl (C=O) groups is 1. The minimum Gasteiger partial charge on any atom is -0.399 e. The van der Waals surface area contributed by atoms with E-state index in [4.69, 9.17) is 25.6 Å². The highest BCUT2D eigenvalue weighted by Gasteiger charge is 2.52. The highest BCUT2D eigenvalue weighted by molar-refractivity contribution is 6.65. The van der Waals surface area contributed by atoms with Gasteiger partial charge >= 0.3 is 7.12 Å². The third-order valence-electron chi connectivity index (χ3n) is 4.36. The lowest BCUT2D eigenvalue weighted by Gasteiger charge is -2.32. The van der Waals surface area contributed by atoms with Gasteiger partial charge in [-0.3, -0.25) is 4.79 Å². The molecule has 1 N–H and O–H groups in total. The highest BCUT2D eigenvalue weighted by Crippen LogP contribution is 2.37. The summed E-state index contributed by atoms with van der Waals surface area (Å²) in [6.45, 7) is 8.85. The molecule has 1 heterocycles. The zero-order valence-electron chi connectivity index (χ0n) is 14.2. The molecule has 0 spiro atoms. The molecular formula is C16H23BClNO4. The third kappa shape index (κ3) is 3.88. The molecule has 0 saturated carbocycles. The fourth-order valence-corrected chi connectivity index (χ4v) is 2.47. The van der Waals surface area contributed by atoms with E-state index < -0.39 is 18.3 Å². The molecule has 0 radical (unpaired) electrons. The third-order valence-corrected chi connectivity index (χ3v) is 4.69. The van der Waals surface area contributed by atoms with Gasteiger partial charge in [-0.05, 0) is 39.8 Å². The summed E-state index contributed by atoms with van der Waals surface area (Å²) in [5, 5.41) is 3.20. The van der Waals surface area contributed by atoms with Crippen molar-refractivity contribution in [2.45, 2.75) is 38.9 Å². The van der Waals surface area contributed by atoms with Crippen LogP contribution in [0.2, 0.25) is 5.02 Å². The minimum absolute atomic E-state index is 0.190. The molecule has 1 aromatic carbocycles. The number of nitrogens with one attached hydrogen (secondary N) is 1. The van der Waals surface area contributed by atoms with E-state index in [-0.39, 0.29) is 5.91 Å². The summed E-state index contributed by atoms with van der Waals surface area (Å²) in [4.78, 5) is 12.0. The number of ether oxygens (including phenoxy) is 1. The van der Waals surface area contributed by atoms with Gasteiger partial charge < -0.3 is 19.4 Å². The molecule has 1 saturated heterocycles. The SMILES string of the molecule is COCCNC(=O)c1ccc(B2OC(C)(C)C(C)(C)O2)c(Cl)c1. The zero-order chi connectivity index (χ0) is 17.3. The van der Waals surface area contributed by atoms with Gasteiger partial charge in [0, 0.05) is 29.7 Å². The first-order valence-corrected chi connectivity index (χ1v) is 7.98. The smallest absolute Gasteiger partial charge is 0.399 e. The standard InChI is InChI=1S/C16H23BClNO4/c1-15(2)16(3,4)23-17(22-15)12-7-6-11(10-13(12)18)14(20)19-8-9-21-5/h6-7,10H,8-9H2,1-5H3,(H,19,20). The second kappa shape index (κ2) is 6.81. The summed E-state index contributed by atoms with van der Waals surface area (Å²) < 4.78 is 16.9. The first kappa shape index (κ1) is 18.3. The number of benzene rings is 1. The monoisotopic (exact) mass is 339 g/mol. The number of methoxy groups -OCH3 is 1. The highest BCUT2D eigenvalue weighted by atomic mass is 35.5. The second-order valence-corrected chi connectivity index (χ2v) is 6.98. The lowest BCUT2D eigenvalue weighted by molar-refractivity contribution is 0.00578. The Kier molecular flexibility index (Phi) is 5.41. The molecule has 5 nitrogen and oxygen atoms in total. The van der Waals surface area contributed by atoms with Gasteiger partial charge in [0.25, 0.3) is 5.91 Å². The molecule has 1 aromatic rings. The molecule has 0 aliphatic carbocycles. The van der Waals surface area contributed by atoms with Crippen LogP contribution in [0.15, 0.2) is 18.2 Å². The quantitative estimate of drug-likeness (QED) is 0.658. The Hall–Kier alpha value is -1.08. The number of amides is 1.